The van der Waals surface area contributed by atoms with E-state index in [-0.39, 0.29) is 40.8 Å². The first-order chi connectivity index (χ1) is 22.2. The molecule has 2 aromatic carbocycles. The van der Waals surface area contributed by atoms with Gasteiger partial charge in [0, 0.05) is 34.6 Å². The Bertz CT molecular complexity index is 1880. The molecule has 4 N–H and O–H groups in total. The quantitative estimate of drug-likeness (QED) is 0.214. The van der Waals surface area contributed by atoms with Crippen LogP contribution in [0.15, 0.2) is 67.0 Å². The lowest BCUT2D eigenvalue weighted by molar-refractivity contribution is -0.265. The summed E-state index contributed by atoms with van der Waals surface area (Å²) in [6, 6.07) is 12.0. The Morgan fingerprint density at radius 1 is 1.11 bits per heavy atom. The summed E-state index contributed by atoms with van der Waals surface area (Å²) >= 11 is 0. The third-order valence-corrected chi connectivity index (χ3v) is 8.50. The lowest BCUT2D eigenvalue weighted by Crippen LogP contribution is -2.51. The maximum absolute atomic E-state index is 14.8. The van der Waals surface area contributed by atoms with Gasteiger partial charge in [-0.3, -0.25) is 14.6 Å². The van der Waals surface area contributed by atoms with Crippen LogP contribution in [0.4, 0.5) is 17.6 Å². The number of halogens is 4. The summed E-state index contributed by atoms with van der Waals surface area (Å²) in [5.41, 5.74) is 1.76. The fourth-order valence-electron chi connectivity index (χ4n) is 5.37. The molecule has 2 aromatic heterocycles. The van der Waals surface area contributed by atoms with Gasteiger partial charge in [0.05, 0.1) is 18.3 Å². The number of alkyl halides is 3. The van der Waals surface area contributed by atoms with Crippen molar-refractivity contribution in [2.24, 2.45) is 5.73 Å². The van der Waals surface area contributed by atoms with Gasteiger partial charge < -0.3 is 25.6 Å². The highest BCUT2D eigenvalue weighted by Crippen LogP contribution is 2.48. The van der Waals surface area contributed by atoms with Crippen molar-refractivity contribution in [3.8, 4) is 33.9 Å². The molecule has 1 aliphatic heterocycles. The van der Waals surface area contributed by atoms with Crippen LogP contribution >= 0.6 is 0 Å². The van der Waals surface area contributed by atoms with E-state index in [1.165, 1.54) is 31.2 Å². The van der Waals surface area contributed by atoms with Gasteiger partial charge in [-0.05, 0) is 92.4 Å². The number of carbonyl (C=O) groups excluding carboxylic acids is 2. The molecule has 4 aromatic rings. The number of ether oxygens (including phenoxy) is 2. The van der Waals surface area contributed by atoms with Gasteiger partial charge in [-0.2, -0.15) is 13.2 Å². The van der Waals surface area contributed by atoms with E-state index in [1.54, 1.807) is 24.5 Å². The van der Waals surface area contributed by atoms with Crippen LogP contribution in [0.3, 0.4) is 0 Å². The van der Waals surface area contributed by atoms with Gasteiger partial charge in [-0.1, -0.05) is 0 Å². The first-order valence-corrected chi connectivity index (χ1v) is 14.7. The minimum absolute atomic E-state index is 0.00394. The number of carbonyl (C=O) groups is 2. The molecule has 6 rings (SSSR count). The lowest BCUT2D eigenvalue weighted by Gasteiger charge is -2.31. The Morgan fingerprint density at radius 2 is 1.83 bits per heavy atom. The van der Waals surface area contributed by atoms with Gasteiger partial charge in [0.2, 0.25) is 11.5 Å². The van der Waals surface area contributed by atoms with E-state index in [2.05, 4.69) is 15.3 Å². The minimum atomic E-state index is -5.35. The molecule has 1 saturated carbocycles. The second kappa shape index (κ2) is 11.6. The fraction of sp³-hybridized carbons (Fsp3) is 0.294. The predicted molar refractivity (Wildman–Crippen MR) is 162 cm³/mol. The Balaban J connectivity index is 1.37. The van der Waals surface area contributed by atoms with Crippen LogP contribution in [-0.2, 0) is 15.8 Å². The molecule has 3 heterocycles. The maximum Gasteiger partial charge on any atom is 0.424 e. The summed E-state index contributed by atoms with van der Waals surface area (Å²) in [7, 11) is 0. The molecule has 0 bridgehead atoms. The van der Waals surface area contributed by atoms with Crippen LogP contribution in [0.25, 0.3) is 22.4 Å². The van der Waals surface area contributed by atoms with Gasteiger partial charge >= 0.3 is 6.18 Å². The average molecular weight is 651 g/mol. The molecule has 244 valence electrons. The Labute approximate surface area is 266 Å². The number of benzene rings is 2. The zero-order chi connectivity index (χ0) is 33.7. The minimum Gasteiger partial charge on any atom is -0.490 e. The van der Waals surface area contributed by atoms with Gasteiger partial charge in [0.25, 0.3) is 5.91 Å². The number of amides is 2. The normalized spacial score (nSPS) is 18.5. The van der Waals surface area contributed by atoms with E-state index in [0.717, 1.165) is 42.2 Å². The zero-order valence-corrected chi connectivity index (χ0v) is 25.3. The number of hydrogen-bond donors (Lipinski definition) is 3. The van der Waals surface area contributed by atoms with Crippen molar-refractivity contribution in [1.82, 2.24) is 15.3 Å². The predicted octanol–water partition coefficient (Wildman–Crippen LogP) is 5.11. The number of nitrogens with one attached hydrogen (secondary N) is 1. The van der Waals surface area contributed by atoms with Crippen molar-refractivity contribution in [1.29, 1.82) is 0 Å². The number of primary amides is 1. The molecule has 9 nitrogen and oxygen atoms in total. The second-order valence-electron chi connectivity index (χ2n) is 12.0. The lowest BCUT2D eigenvalue weighted by atomic mass is 9.81. The van der Waals surface area contributed by atoms with Crippen LogP contribution in [0, 0.1) is 12.7 Å². The van der Waals surface area contributed by atoms with Crippen molar-refractivity contribution in [3.05, 3.63) is 95.2 Å². The van der Waals surface area contributed by atoms with E-state index in [1.807, 2.05) is 6.92 Å². The summed E-state index contributed by atoms with van der Waals surface area (Å²) in [4.78, 5) is 34.0. The molecule has 0 saturated heterocycles. The number of nitrogens with two attached hydrogens (primary N) is 1. The topological polar surface area (TPSA) is 137 Å². The summed E-state index contributed by atoms with van der Waals surface area (Å²) in [5.74, 6) is -2.03. The molecular formula is C34H30F4N4O5. The SMILES string of the molecule is Cc1cnccc1-c1ccc(C(=O)NCC(O)(c2cc3c(c(-c4ccc(F)cc4)n2)OC[C@]3(C)C(N)=O)C(F)(F)F)cc1OC1CC1. The van der Waals surface area contributed by atoms with Crippen LogP contribution in [-0.4, -0.2) is 52.3 Å². The molecule has 1 fully saturated rings. The smallest absolute Gasteiger partial charge is 0.424 e. The highest BCUT2D eigenvalue weighted by atomic mass is 19.4. The van der Waals surface area contributed by atoms with Gasteiger partial charge in [0.15, 0.2) is 0 Å². The molecule has 0 spiro atoms. The summed E-state index contributed by atoms with van der Waals surface area (Å²) < 4.78 is 69.8. The number of aliphatic hydroxyl groups is 1. The number of aryl methyl sites for hydroxylation is 1. The zero-order valence-electron chi connectivity index (χ0n) is 25.3. The van der Waals surface area contributed by atoms with Gasteiger partial charge in [0.1, 0.15) is 35.0 Å². The number of pyridine rings is 2. The molecule has 1 aliphatic carbocycles. The van der Waals surface area contributed by atoms with E-state index >= 15 is 0 Å². The first kappa shape index (κ1) is 31.9. The summed E-state index contributed by atoms with van der Waals surface area (Å²) in [5, 5.41) is 13.5. The average Bonchev–Trinajstić information content (AvgIpc) is 3.79. The van der Waals surface area contributed by atoms with E-state index in [0.29, 0.717) is 11.3 Å². The molecule has 13 heteroatoms. The number of rotatable bonds is 9. The van der Waals surface area contributed by atoms with Gasteiger partial charge in [-0.15, -0.1) is 0 Å². The van der Waals surface area contributed by atoms with Crippen LogP contribution in [0.5, 0.6) is 11.5 Å². The standard InChI is InChI=1S/C34H30F4N4O5/c1-18-15-40-12-11-23(18)24-10-5-20(13-26(24)47-22-8-9-22)30(43)41-16-33(45,34(36,37)38)27-14-25-29(46-17-32(25,2)31(39)44)28(42-27)19-3-6-21(35)7-4-19/h3-7,10-15,22,45H,8-9,16-17H2,1-2H3,(H2,39,44)(H,41,43)/t32-,33?/m0/s1. The molecule has 2 amide bonds. The molecule has 2 aliphatic rings. The first-order valence-electron chi connectivity index (χ1n) is 14.7. The number of hydrogen-bond acceptors (Lipinski definition) is 7. The van der Waals surface area contributed by atoms with Crippen molar-refractivity contribution in [2.75, 3.05) is 13.2 Å². The number of fused-ring (bicyclic) bond motifs is 1. The Kier molecular flexibility index (Phi) is 7.91. The van der Waals surface area contributed by atoms with Gasteiger partial charge in [-0.25, -0.2) is 9.37 Å². The molecular weight excluding hydrogens is 620 g/mol. The monoisotopic (exact) mass is 650 g/mol. The highest BCUT2D eigenvalue weighted by Gasteiger charge is 2.57. The summed E-state index contributed by atoms with van der Waals surface area (Å²) in [6.45, 7) is 1.64. The van der Waals surface area contributed by atoms with E-state index < -0.39 is 47.1 Å². The van der Waals surface area contributed by atoms with E-state index in [4.69, 9.17) is 15.2 Å². The largest absolute Gasteiger partial charge is 0.490 e. The van der Waals surface area contributed by atoms with Crippen LogP contribution < -0.4 is 20.5 Å². The number of aromatic nitrogens is 2. The molecule has 0 radical (unpaired) electrons. The summed E-state index contributed by atoms with van der Waals surface area (Å²) in [6.07, 6.45) is -0.432. The third kappa shape index (κ3) is 5.86. The maximum atomic E-state index is 14.8. The van der Waals surface area contributed by atoms with Crippen molar-refractivity contribution in [2.45, 2.75) is 50.0 Å². The highest BCUT2D eigenvalue weighted by molar-refractivity contribution is 5.96. The third-order valence-electron chi connectivity index (χ3n) is 8.50. The number of nitrogens with zero attached hydrogens (tertiary/aromatic N) is 2. The van der Waals surface area contributed by atoms with Crippen LogP contribution in [0.1, 0.15) is 46.9 Å². The molecule has 2 atom stereocenters. The fourth-order valence-corrected chi connectivity index (χ4v) is 5.37. The molecule has 1 unspecified atom stereocenters. The van der Waals surface area contributed by atoms with E-state index in [9.17, 15) is 32.3 Å². The Hall–Kier alpha value is -5.04. The van der Waals surface area contributed by atoms with Crippen molar-refractivity contribution >= 4 is 11.8 Å². The van der Waals surface area contributed by atoms with Crippen LogP contribution in [0.2, 0.25) is 0 Å². The second-order valence-corrected chi connectivity index (χ2v) is 12.0. The van der Waals surface area contributed by atoms with Crippen molar-refractivity contribution in [3.63, 3.8) is 0 Å². The molecule has 47 heavy (non-hydrogen) atoms. The Morgan fingerprint density at radius 3 is 2.47 bits per heavy atom. The van der Waals surface area contributed by atoms with Crippen molar-refractivity contribution < 1.29 is 41.7 Å².